The third-order valence-corrected chi connectivity index (χ3v) is 6.89. The minimum absolute atomic E-state index is 0. The smallest absolute Gasteiger partial charge is 0.191 e. The van der Waals surface area contributed by atoms with Gasteiger partial charge in [-0.2, -0.15) is 11.3 Å². The Morgan fingerprint density at radius 1 is 1.24 bits per heavy atom. The van der Waals surface area contributed by atoms with E-state index >= 15 is 0 Å². The first-order valence-corrected chi connectivity index (χ1v) is 12.2. The largest absolute Gasteiger partial charge is 0.357 e. The Balaban J connectivity index is 0.00000300. The predicted octanol–water partition coefficient (Wildman–Crippen LogP) is 3.69. The molecule has 29 heavy (non-hydrogen) atoms. The number of halogens is 1. The normalized spacial score (nSPS) is 16.8. The zero-order valence-electron chi connectivity index (χ0n) is 16.9. The van der Waals surface area contributed by atoms with Crippen LogP contribution in [0.1, 0.15) is 25.3 Å². The van der Waals surface area contributed by atoms with Crippen molar-refractivity contribution < 1.29 is 4.21 Å². The molecule has 1 aliphatic rings. The van der Waals surface area contributed by atoms with E-state index in [1.54, 1.807) is 11.3 Å². The van der Waals surface area contributed by atoms with E-state index in [2.05, 4.69) is 44.3 Å². The standard InChI is InChI=1S/C21H30N4OS2.HI/c1-2-22-21(23-11-15-28(26)20-6-4-3-5-7-20)24-19-8-12-25(13-9-19)16-18-10-14-27-17-18;/h3-7,10,14,17,19H,2,8-9,11-13,15-16H2,1H3,(H2,22,23,24);1H. The number of aliphatic imine (C=N–C) groups is 1. The van der Waals surface area contributed by atoms with Gasteiger partial charge >= 0.3 is 0 Å². The van der Waals surface area contributed by atoms with E-state index in [1.165, 1.54) is 5.56 Å². The Morgan fingerprint density at radius 3 is 2.66 bits per heavy atom. The Labute approximate surface area is 197 Å². The molecule has 2 N–H and O–H groups in total. The lowest BCUT2D eigenvalue weighted by Gasteiger charge is -2.33. The minimum atomic E-state index is -1.000. The number of likely N-dealkylation sites (tertiary alicyclic amines) is 1. The van der Waals surface area contributed by atoms with Gasteiger partial charge in [-0.25, -0.2) is 0 Å². The summed E-state index contributed by atoms with van der Waals surface area (Å²) in [5.74, 6) is 1.38. The van der Waals surface area contributed by atoms with Crippen molar-refractivity contribution in [3.63, 3.8) is 0 Å². The number of nitrogens with one attached hydrogen (secondary N) is 2. The molecule has 160 valence electrons. The summed E-state index contributed by atoms with van der Waals surface area (Å²) in [4.78, 5) is 8.03. The zero-order valence-corrected chi connectivity index (χ0v) is 20.8. The van der Waals surface area contributed by atoms with Crippen molar-refractivity contribution in [3.8, 4) is 0 Å². The van der Waals surface area contributed by atoms with Crippen LogP contribution in [0.25, 0.3) is 0 Å². The van der Waals surface area contributed by atoms with Gasteiger partial charge in [0, 0.05) is 42.9 Å². The molecular weight excluding hydrogens is 515 g/mol. The molecule has 0 radical (unpaired) electrons. The summed E-state index contributed by atoms with van der Waals surface area (Å²) in [5, 5.41) is 11.3. The number of thiophene rings is 1. The van der Waals surface area contributed by atoms with Gasteiger partial charge in [0.15, 0.2) is 5.96 Å². The van der Waals surface area contributed by atoms with Crippen LogP contribution in [0.4, 0.5) is 0 Å². The summed E-state index contributed by atoms with van der Waals surface area (Å²) < 4.78 is 12.3. The molecule has 1 atom stereocenters. The van der Waals surface area contributed by atoms with E-state index in [0.29, 0.717) is 18.3 Å². The Morgan fingerprint density at radius 2 is 2.00 bits per heavy atom. The van der Waals surface area contributed by atoms with Gasteiger partial charge in [-0.05, 0) is 54.3 Å². The lowest BCUT2D eigenvalue weighted by atomic mass is 10.0. The molecule has 1 unspecified atom stereocenters. The average molecular weight is 547 g/mol. The van der Waals surface area contributed by atoms with Crippen molar-refractivity contribution in [1.82, 2.24) is 15.5 Å². The highest BCUT2D eigenvalue weighted by molar-refractivity contribution is 14.0. The molecule has 1 fully saturated rings. The highest BCUT2D eigenvalue weighted by Crippen LogP contribution is 2.15. The molecule has 1 aliphatic heterocycles. The number of nitrogens with zero attached hydrogens (tertiary/aromatic N) is 2. The first-order chi connectivity index (χ1) is 13.7. The van der Waals surface area contributed by atoms with Crippen LogP contribution in [0.2, 0.25) is 0 Å². The molecule has 2 aromatic rings. The first-order valence-electron chi connectivity index (χ1n) is 9.96. The van der Waals surface area contributed by atoms with Crippen LogP contribution in [-0.2, 0) is 17.3 Å². The molecular formula is C21H31IN4OS2. The van der Waals surface area contributed by atoms with Gasteiger partial charge in [-0.15, -0.1) is 24.0 Å². The van der Waals surface area contributed by atoms with Crippen LogP contribution < -0.4 is 10.6 Å². The maximum Gasteiger partial charge on any atom is 0.191 e. The lowest BCUT2D eigenvalue weighted by molar-refractivity contribution is 0.198. The van der Waals surface area contributed by atoms with Crippen molar-refractivity contribution in [1.29, 1.82) is 0 Å². The molecule has 8 heteroatoms. The van der Waals surface area contributed by atoms with E-state index in [-0.39, 0.29) is 24.0 Å². The second-order valence-electron chi connectivity index (χ2n) is 6.95. The van der Waals surface area contributed by atoms with Gasteiger partial charge in [0.2, 0.25) is 0 Å². The molecule has 0 spiro atoms. The van der Waals surface area contributed by atoms with Gasteiger partial charge in [0.1, 0.15) is 0 Å². The number of hydrogen-bond donors (Lipinski definition) is 2. The third-order valence-electron chi connectivity index (χ3n) is 4.81. The molecule has 0 saturated carbocycles. The maximum atomic E-state index is 12.3. The van der Waals surface area contributed by atoms with Crippen molar-refractivity contribution >= 4 is 52.1 Å². The SMILES string of the molecule is CCNC(=NCCS(=O)c1ccccc1)NC1CCN(Cc2ccsc2)CC1.I. The summed E-state index contributed by atoms with van der Waals surface area (Å²) in [7, 11) is -1.000. The fraction of sp³-hybridized carbons (Fsp3) is 0.476. The fourth-order valence-electron chi connectivity index (χ4n) is 3.32. The molecule has 3 rings (SSSR count). The first kappa shape index (κ1) is 24.3. The van der Waals surface area contributed by atoms with Gasteiger partial charge in [0.05, 0.1) is 17.3 Å². The Bertz CT molecular complexity index is 747. The van der Waals surface area contributed by atoms with Crippen LogP contribution in [0.3, 0.4) is 0 Å². The quantitative estimate of drug-likeness (QED) is 0.301. The van der Waals surface area contributed by atoms with Crippen molar-refractivity contribution in [2.24, 2.45) is 4.99 Å². The third kappa shape index (κ3) is 8.35. The number of guanidine groups is 1. The van der Waals surface area contributed by atoms with E-state index < -0.39 is 10.8 Å². The summed E-state index contributed by atoms with van der Waals surface area (Å²) in [5.41, 5.74) is 1.41. The van der Waals surface area contributed by atoms with Crippen molar-refractivity contribution in [3.05, 3.63) is 52.7 Å². The maximum absolute atomic E-state index is 12.3. The van der Waals surface area contributed by atoms with Gasteiger partial charge < -0.3 is 10.6 Å². The highest BCUT2D eigenvalue weighted by Gasteiger charge is 2.20. The summed E-state index contributed by atoms with van der Waals surface area (Å²) >= 11 is 1.77. The molecule has 1 saturated heterocycles. The van der Waals surface area contributed by atoms with E-state index in [0.717, 1.165) is 49.9 Å². The second-order valence-corrected chi connectivity index (χ2v) is 9.30. The van der Waals surface area contributed by atoms with Crippen LogP contribution in [-0.4, -0.2) is 53.0 Å². The number of hydrogen-bond acceptors (Lipinski definition) is 4. The molecule has 5 nitrogen and oxygen atoms in total. The number of benzene rings is 1. The molecule has 0 aliphatic carbocycles. The monoisotopic (exact) mass is 546 g/mol. The second kappa shape index (κ2) is 13.4. The van der Waals surface area contributed by atoms with Crippen LogP contribution in [0.5, 0.6) is 0 Å². The number of rotatable bonds is 8. The van der Waals surface area contributed by atoms with Crippen LogP contribution in [0, 0.1) is 0 Å². The van der Waals surface area contributed by atoms with E-state index in [9.17, 15) is 4.21 Å². The van der Waals surface area contributed by atoms with Gasteiger partial charge in [-0.3, -0.25) is 14.1 Å². The topological polar surface area (TPSA) is 56.7 Å². The average Bonchev–Trinajstić information content (AvgIpc) is 3.23. The summed E-state index contributed by atoms with van der Waals surface area (Å²) in [6, 6.07) is 12.3. The molecule has 2 heterocycles. The molecule has 0 amide bonds. The van der Waals surface area contributed by atoms with Crippen LogP contribution >= 0.6 is 35.3 Å². The lowest BCUT2D eigenvalue weighted by Crippen LogP contribution is -2.48. The van der Waals surface area contributed by atoms with Crippen molar-refractivity contribution in [2.45, 2.75) is 37.2 Å². The molecule has 0 bridgehead atoms. The van der Waals surface area contributed by atoms with E-state index in [4.69, 9.17) is 0 Å². The number of piperidine rings is 1. The molecule has 1 aromatic heterocycles. The minimum Gasteiger partial charge on any atom is -0.357 e. The predicted molar refractivity (Wildman–Crippen MR) is 135 cm³/mol. The zero-order chi connectivity index (χ0) is 19.6. The van der Waals surface area contributed by atoms with Crippen molar-refractivity contribution in [2.75, 3.05) is 31.9 Å². The molecule has 1 aromatic carbocycles. The van der Waals surface area contributed by atoms with Crippen LogP contribution in [0.15, 0.2) is 57.0 Å². The Kier molecular flexibility index (Phi) is 11.2. The Hall–Kier alpha value is -0.970. The van der Waals surface area contributed by atoms with E-state index in [1.807, 2.05) is 30.3 Å². The summed E-state index contributed by atoms with van der Waals surface area (Å²) in [6.45, 7) is 6.70. The van der Waals surface area contributed by atoms with Gasteiger partial charge in [-0.1, -0.05) is 18.2 Å². The summed E-state index contributed by atoms with van der Waals surface area (Å²) in [6.07, 6.45) is 2.23. The fourth-order valence-corrected chi connectivity index (χ4v) is 4.93. The van der Waals surface area contributed by atoms with Gasteiger partial charge in [0.25, 0.3) is 0 Å². The highest BCUT2D eigenvalue weighted by atomic mass is 127.